The molecular formula is C12H16N6O2. The summed E-state index contributed by atoms with van der Waals surface area (Å²) in [5, 5.41) is 13.6. The quantitative estimate of drug-likeness (QED) is 0.825. The third-order valence-corrected chi connectivity index (χ3v) is 3.18. The summed E-state index contributed by atoms with van der Waals surface area (Å²) < 4.78 is 5.63. The maximum Gasteiger partial charge on any atom is 0.274 e. The van der Waals surface area contributed by atoms with Crippen molar-refractivity contribution in [2.45, 2.75) is 20.0 Å². The predicted octanol–water partition coefficient (Wildman–Crippen LogP) is 0.358. The smallest absolute Gasteiger partial charge is 0.274 e. The van der Waals surface area contributed by atoms with Crippen LogP contribution < -0.4 is 0 Å². The average Bonchev–Trinajstić information content (AvgIpc) is 3.07. The van der Waals surface area contributed by atoms with Crippen LogP contribution in [0, 0.1) is 13.8 Å². The highest BCUT2D eigenvalue weighted by Crippen LogP contribution is 2.20. The van der Waals surface area contributed by atoms with Gasteiger partial charge in [0.1, 0.15) is 17.6 Å². The second-order valence-corrected chi connectivity index (χ2v) is 4.83. The lowest BCUT2D eigenvalue weighted by Gasteiger charge is -2.31. The van der Waals surface area contributed by atoms with E-state index in [0.717, 1.165) is 11.5 Å². The molecule has 0 saturated carbocycles. The summed E-state index contributed by atoms with van der Waals surface area (Å²) in [6, 6.07) is 1.74. The fraction of sp³-hybridized carbons (Fsp3) is 0.500. The minimum atomic E-state index is -0.294. The fourth-order valence-electron chi connectivity index (χ4n) is 2.18. The molecule has 0 radical (unpaired) electrons. The van der Waals surface area contributed by atoms with E-state index in [0.29, 0.717) is 31.2 Å². The lowest BCUT2D eigenvalue weighted by Crippen LogP contribution is -2.42. The van der Waals surface area contributed by atoms with Gasteiger partial charge in [0.25, 0.3) is 5.91 Å². The molecule has 2 aromatic rings. The van der Waals surface area contributed by atoms with Crippen LogP contribution in [0.3, 0.4) is 0 Å². The molecule has 106 valence electrons. The number of carbonyl (C=O) groups excluding carboxylic acids is 1. The van der Waals surface area contributed by atoms with Gasteiger partial charge in [0, 0.05) is 12.2 Å². The van der Waals surface area contributed by atoms with Gasteiger partial charge in [-0.1, -0.05) is 0 Å². The maximum absolute atomic E-state index is 12.3. The Labute approximate surface area is 115 Å². The highest BCUT2D eigenvalue weighted by molar-refractivity contribution is 5.92. The van der Waals surface area contributed by atoms with Gasteiger partial charge in [-0.05, 0) is 19.9 Å². The molecule has 2 N–H and O–H groups in total. The van der Waals surface area contributed by atoms with Crippen molar-refractivity contribution in [2.24, 2.45) is 0 Å². The molecular weight excluding hydrogens is 260 g/mol. The number of nitrogens with zero attached hydrogens (tertiary/aromatic N) is 4. The molecule has 8 nitrogen and oxygen atoms in total. The number of aryl methyl sites for hydroxylation is 2. The van der Waals surface area contributed by atoms with E-state index in [9.17, 15) is 4.79 Å². The molecule has 3 rings (SSSR count). The van der Waals surface area contributed by atoms with Crippen molar-refractivity contribution in [2.75, 3.05) is 19.7 Å². The molecule has 1 amide bonds. The van der Waals surface area contributed by atoms with E-state index in [1.54, 1.807) is 11.0 Å². The average molecular weight is 276 g/mol. The Morgan fingerprint density at radius 1 is 1.40 bits per heavy atom. The summed E-state index contributed by atoms with van der Waals surface area (Å²) in [6.07, 6.45) is -0.294. The minimum absolute atomic E-state index is 0.102. The third kappa shape index (κ3) is 2.42. The van der Waals surface area contributed by atoms with E-state index >= 15 is 0 Å². The molecule has 2 aromatic heterocycles. The second kappa shape index (κ2) is 5.04. The predicted molar refractivity (Wildman–Crippen MR) is 69.0 cm³/mol. The van der Waals surface area contributed by atoms with Gasteiger partial charge < -0.3 is 9.64 Å². The van der Waals surface area contributed by atoms with Gasteiger partial charge in [0.05, 0.1) is 13.2 Å². The lowest BCUT2D eigenvalue weighted by molar-refractivity contribution is -0.0268. The van der Waals surface area contributed by atoms with Crippen LogP contribution in [-0.2, 0) is 4.74 Å². The van der Waals surface area contributed by atoms with Crippen LogP contribution in [0.25, 0.3) is 0 Å². The first-order chi connectivity index (χ1) is 9.63. The Hall–Kier alpha value is -2.22. The number of hydrogen-bond donors (Lipinski definition) is 2. The molecule has 0 aliphatic carbocycles. The van der Waals surface area contributed by atoms with Crippen LogP contribution in [0.15, 0.2) is 6.07 Å². The monoisotopic (exact) mass is 276 g/mol. The Kier molecular flexibility index (Phi) is 3.23. The Morgan fingerprint density at radius 2 is 2.25 bits per heavy atom. The summed E-state index contributed by atoms with van der Waals surface area (Å²) in [5.74, 6) is 1.21. The topological polar surface area (TPSA) is 99.8 Å². The second-order valence-electron chi connectivity index (χ2n) is 4.83. The number of morpholine rings is 1. The number of rotatable bonds is 2. The highest BCUT2D eigenvalue weighted by Gasteiger charge is 2.29. The molecule has 8 heteroatoms. The summed E-state index contributed by atoms with van der Waals surface area (Å²) >= 11 is 0. The van der Waals surface area contributed by atoms with Gasteiger partial charge in [0.2, 0.25) is 0 Å². The number of aromatic nitrogens is 5. The van der Waals surface area contributed by atoms with E-state index in [2.05, 4.69) is 25.4 Å². The van der Waals surface area contributed by atoms with Gasteiger partial charge in [-0.3, -0.25) is 15.0 Å². The van der Waals surface area contributed by atoms with Crippen molar-refractivity contribution in [3.05, 3.63) is 29.1 Å². The summed E-state index contributed by atoms with van der Waals surface area (Å²) in [4.78, 5) is 18.3. The van der Waals surface area contributed by atoms with Crippen LogP contribution in [0.1, 0.15) is 33.9 Å². The van der Waals surface area contributed by atoms with Crippen molar-refractivity contribution in [3.8, 4) is 0 Å². The van der Waals surface area contributed by atoms with Gasteiger partial charge in [-0.25, -0.2) is 4.98 Å². The highest BCUT2D eigenvalue weighted by atomic mass is 16.5. The number of carbonyl (C=O) groups is 1. The zero-order valence-corrected chi connectivity index (χ0v) is 11.4. The molecule has 3 heterocycles. The molecule has 1 aliphatic heterocycles. The van der Waals surface area contributed by atoms with Crippen LogP contribution >= 0.6 is 0 Å². The van der Waals surface area contributed by atoms with Crippen LogP contribution in [-0.4, -0.2) is 55.9 Å². The Morgan fingerprint density at radius 3 is 2.90 bits per heavy atom. The fourth-order valence-corrected chi connectivity index (χ4v) is 2.18. The number of amides is 1. The van der Waals surface area contributed by atoms with Crippen molar-refractivity contribution in [3.63, 3.8) is 0 Å². The SMILES string of the molecule is Cc1cc(C(=O)N2CCO[C@H](c3n[nH]c(C)n3)C2)n[nH]1. The van der Waals surface area contributed by atoms with E-state index in [-0.39, 0.29) is 12.0 Å². The molecule has 1 fully saturated rings. The molecule has 1 atom stereocenters. The van der Waals surface area contributed by atoms with Crippen LogP contribution in [0.4, 0.5) is 0 Å². The lowest BCUT2D eigenvalue weighted by atomic mass is 10.2. The van der Waals surface area contributed by atoms with Crippen LogP contribution in [0.2, 0.25) is 0 Å². The zero-order valence-electron chi connectivity index (χ0n) is 11.4. The van der Waals surface area contributed by atoms with Gasteiger partial charge in [-0.2, -0.15) is 10.2 Å². The largest absolute Gasteiger partial charge is 0.366 e. The first kappa shape index (κ1) is 12.8. The third-order valence-electron chi connectivity index (χ3n) is 3.18. The van der Waals surface area contributed by atoms with E-state index in [1.165, 1.54) is 0 Å². The van der Waals surface area contributed by atoms with Crippen molar-refractivity contribution >= 4 is 5.91 Å². The normalized spacial score (nSPS) is 19.3. The molecule has 0 spiro atoms. The molecule has 0 aromatic carbocycles. The summed E-state index contributed by atoms with van der Waals surface area (Å²) in [7, 11) is 0. The number of hydrogen-bond acceptors (Lipinski definition) is 5. The molecule has 0 unspecified atom stereocenters. The van der Waals surface area contributed by atoms with Crippen molar-refractivity contribution < 1.29 is 9.53 Å². The number of aromatic amines is 2. The number of H-pyrrole nitrogens is 2. The van der Waals surface area contributed by atoms with E-state index in [1.807, 2.05) is 13.8 Å². The molecule has 0 bridgehead atoms. The first-order valence-corrected chi connectivity index (χ1v) is 6.45. The minimum Gasteiger partial charge on any atom is -0.366 e. The summed E-state index contributed by atoms with van der Waals surface area (Å²) in [5.41, 5.74) is 1.29. The van der Waals surface area contributed by atoms with Crippen molar-refractivity contribution in [1.82, 2.24) is 30.3 Å². The van der Waals surface area contributed by atoms with Gasteiger partial charge in [0.15, 0.2) is 5.82 Å². The maximum atomic E-state index is 12.3. The number of nitrogens with one attached hydrogen (secondary N) is 2. The van der Waals surface area contributed by atoms with E-state index in [4.69, 9.17) is 4.74 Å². The Balaban J connectivity index is 1.73. The summed E-state index contributed by atoms with van der Waals surface area (Å²) in [6.45, 7) is 5.14. The standard InChI is InChI=1S/C12H16N6O2/c1-7-5-9(16-14-7)12(19)18-3-4-20-10(6-18)11-13-8(2)15-17-11/h5,10H,3-4,6H2,1-2H3,(H,14,16)(H,13,15,17)/t10-/m0/s1. The van der Waals surface area contributed by atoms with Gasteiger partial charge in [-0.15, -0.1) is 0 Å². The number of ether oxygens (including phenoxy) is 1. The Bertz CT molecular complexity index is 619. The van der Waals surface area contributed by atoms with Crippen molar-refractivity contribution in [1.29, 1.82) is 0 Å². The first-order valence-electron chi connectivity index (χ1n) is 6.45. The molecule has 20 heavy (non-hydrogen) atoms. The molecule has 1 saturated heterocycles. The van der Waals surface area contributed by atoms with Gasteiger partial charge >= 0.3 is 0 Å². The van der Waals surface area contributed by atoms with E-state index < -0.39 is 0 Å². The molecule has 1 aliphatic rings. The van der Waals surface area contributed by atoms with Crippen LogP contribution in [0.5, 0.6) is 0 Å². The zero-order chi connectivity index (χ0) is 14.1.